The first-order valence-electron chi connectivity index (χ1n) is 6.49. The van der Waals surface area contributed by atoms with Crippen LogP contribution in [0, 0.1) is 5.92 Å². The maximum atomic E-state index is 9.75. The predicted octanol–water partition coefficient (Wildman–Crippen LogP) is 3.22. The van der Waals surface area contributed by atoms with Crippen molar-refractivity contribution in [3.8, 4) is 0 Å². The van der Waals surface area contributed by atoms with Crippen LogP contribution in [-0.4, -0.2) is 30.5 Å². The Morgan fingerprint density at radius 3 is 2.63 bits per heavy atom. The highest BCUT2D eigenvalue weighted by Gasteiger charge is 2.61. The van der Waals surface area contributed by atoms with E-state index in [0.29, 0.717) is 16.0 Å². The van der Waals surface area contributed by atoms with Gasteiger partial charge in [0.1, 0.15) is 11.7 Å². The second-order valence-electron chi connectivity index (χ2n) is 5.16. The number of aliphatic hydroxyl groups excluding tert-OH is 1. The number of hydrogen-bond donors (Lipinski definition) is 1. The van der Waals surface area contributed by atoms with Crippen LogP contribution in [0.25, 0.3) is 0 Å². The summed E-state index contributed by atoms with van der Waals surface area (Å²) in [5.41, 5.74) is 0.424. The number of epoxide rings is 1. The van der Waals surface area contributed by atoms with Crippen LogP contribution in [0.4, 0.5) is 0 Å². The fourth-order valence-electron chi connectivity index (χ4n) is 2.97. The molecule has 2 atom stereocenters. The molecule has 2 unspecified atom stereocenters. The quantitative estimate of drug-likeness (QED) is 0.872. The third-order valence-electron chi connectivity index (χ3n) is 4.13. The summed E-state index contributed by atoms with van der Waals surface area (Å²) in [5, 5.41) is 11.0. The van der Waals surface area contributed by atoms with Crippen molar-refractivity contribution in [2.45, 2.75) is 24.5 Å². The van der Waals surface area contributed by atoms with Crippen LogP contribution in [-0.2, 0) is 9.47 Å². The van der Waals surface area contributed by atoms with Gasteiger partial charge in [0.05, 0.1) is 6.61 Å². The average Bonchev–Trinajstić information content (AvgIpc) is 3.15. The Morgan fingerprint density at radius 2 is 2.00 bits per heavy atom. The van der Waals surface area contributed by atoms with Crippen molar-refractivity contribution in [3.63, 3.8) is 0 Å². The van der Waals surface area contributed by atoms with Gasteiger partial charge in [-0.1, -0.05) is 29.3 Å². The maximum Gasteiger partial charge on any atom is 0.125 e. The zero-order valence-corrected chi connectivity index (χ0v) is 12.0. The first-order valence-corrected chi connectivity index (χ1v) is 7.24. The first-order chi connectivity index (χ1) is 9.17. The smallest absolute Gasteiger partial charge is 0.125 e. The summed E-state index contributed by atoms with van der Waals surface area (Å²) in [6.07, 6.45) is 1.70. The van der Waals surface area contributed by atoms with Gasteiger partial charge >= 0.3 is 0 Å². The molecule has 0 aliphatic carbocycles. The van der Waals surface area contributed by atoms with Gasteiger partial charge in [-0.25, -0.2) is 0 Å². The van der Waals surface area contributed by atoms with E-state index >= 15 is 0 Å². The fraction of sp³-hybridized carbons (Fsp3) is 0.571. The molecular formula is C14H16Cl2O3. The van der Waals surface area contributed by atoms with Gasteiger partial charge in [0.15, 0.2) is 0 Å². The lowest BCUT2D eigenvalue weighted by atomic mass is 9.82. The second-order valence-corrected chi connectivity index (χ2v) is 6.01. The number of halogens is 2. The molecule has 0 aromatic heterocycles. The van der Waals surface area contributed by atoms with E-state index in [2.05, 4.69) is 0 Å². The van der Waals surface area contributed by atoms with E-state index in [1.54, 1.807) is 12.1 Å². The number of aliphatic hydroxyl groups is 1. The molecule has 104 valence electrons. The molecule has 0 bridgehead atoms. The number of rotatable bonds is 3. The Labute approximate surface area is 122 Å². The van der Waals surface area contributed by atoms with Crippen molar-refractivity contribution in [1.29, 1.82) is 0 Å². The van der Waals surface area contributed by atoms with Crippen molar-refractivity contribution >= 4 is 23.2 Å². The molecule has 2 aliphatic rings. The number of hydrogen-bond acceptors (Lipinski definition) is 3. The van der Waals surface area contributed by atoms with Crippen molar-refractivity contribution < 1.29 is 14.6 Å². The Kier molecular flexibility index (Phi) is 3.76. The van der Waals surface area contributed by atoms with Crippen molar-refractivity contribution in [3.05, 3.63) is 33.8 Å². The Bertz CT molecular complexity index is 474. The number of ether oxygens (including phenoxy) is 2. The molecule has 3 nitrogen and oxygen atoms in total. The highest BCUT2D eigenvalue weighted by molar-refractivity contribution is 6.35. The standard InChI is InChI=1S/C14H16Cl2O3/c15-10-1-2-11(12(16)7-10)13-14(8-17,19-13)9-3-5-18-6-4-9/h1-2,7,9,13,17H,3-6,8H2. The molecule has 1 aromatic carbocycles. The van der Waals surface area contributed by atoms with Crippen molar-refractivity contribution in [2.24, 2.45) is 5.92 Å². The SMILES string of the molecule is OCC1(C2CCOCC2)OC1c1ccc(Cl)cc1Cl. The normalized spacial score (nSPS) is 31.4. The van der Waals surface area contributed by atoms with Crippen LogP contribution < -0.4 is 0 Å². The summed E-state index contributed by atoms with van der Waals surface area (Å²) >= 11 is 12.1. The number of benzene rings is 1. The fourth-order valence-corrected chi connectivity index (χ4v) is 3.48. The zero-order chi connectivity index (χ0) is 13.5. The Morgan fingerprint density at radius 1 is 1.26 bits per heavy atom. The third-order valence-corrected chi connectivity index (χ3v) is 4.69. The van der Waals surface area contributed by atoms with Crippen LogP contribution in [0.1, 0.15) is 24.5 Å². The van der Waals surface area contributed by atoms with Gasteiger partial charge in [0.2, 0.25) is 0 Å². The molecule has 0 amide bonds. The minimum absolute atomic E-state index is 0.0152. The minimum Gasteiger partial charge on any atom is -0.393 e. The second kappa shape index (κ2) is 5.23. The molecular weight excluding hydrogens is 287 g/mol. The summed E-state index contributed by atoms with van der Waals surface area (Å²) in [6.45, 7) is 1.48. The van der Waals surface area contributed by atoms with Gasteiger partial charge < -0.3 is 14.6 Å². The topological polar surface area (TPSA) is 42.0 Å². The van der Waals surface area contributed by atoms with E-state index < -0.39 is 5.60 Å². The van der Waals surface area contributed by atoms with E-state index in [4.69, 9.17) is 32.7 Å². The van der Waals surface area contributed by atoms with Gasteiger partial charge in [0.25, 0.3) is 0 Å². The van der Waals surface area contributed by atoms with E-state index in [9.17, 15) is 5.11 Å². The molecule has 1 aromatic rings. The highest BCUT2D eigenvalue weighted by Crippen LogP contribution is 2.57. The van der Waals surface area contributed by atoms with Gasteiger partial charge in [-0.05, 0) is 30.9 Å². The highest BCUT2D eigenvalue weighted by atomic mass is 35.5. The molecule has 3 rings (SSSR count). The lowest BCUT2D eigenvalue weighted by Gasteiger charge is -2.27. The Balaban J connectivity index is 1.83. The van der Waals surface area contributed by atoms with Crippen LogP contribution in [0.15, 0.2) is 18.2 Å². The van der Waals surface area contributed by atoms with Crippen LogP contribution in [0.5, 0.6) is 0 Å². The van der Waals surface area contributed by atoms with E-state index in [-0.39, 0.29) is 12.7 Å². The largest absolute Gasteiger partial charge is 0.393 e. The van der Waals surface area contributed by atoms with Crippen molar-refractivity contribution in [1.82, 2.24) is 0 Å². The lowest BCUT2D eigenvalue weighted by molar-refractivity contribution is 0.0186. The van der Waals surface area contributed by atoms with Crippen LogP contribution in [0.3, 0.4) is 0 Å². The molecule has 19 heavy (non-hydrogen) atoms. The van der Waals surface area contributed by atoms with Crippen LogP contribution in [0.2, 0.25) is 10.0 Å². The molecule has 0 spiro atoms. The van der Waals surface area contributed by atoms with Gasteiger partial charge in [0, 0.05) is 28.8 Å². The van der Waals surface area contributed by atoms with Gasteiger partial charge in [-0.2, -0.15) is 0 Å². The maximum absolute atomic E-state index is 9.75. The van der Waals surface area contributed by atoms with E-state index in [1.165, 1.54) is 0 Å². The van der Waals surface area contributed by atoms with Crippen LogP contribution >= 0.6 is 23.2 Å². The summed E-state index contributed by atoms with van der Waals surface area (Å²) in [4.78, 5) is 0. The molecule has 2 fully saturated rings. The molecule has 2 saturated heterocycles. The van der Waals surface area contributed by atoms with Crippen molar-refractivity contribution in [2.75, 3.05) is 19.8 Å². The zero-order valence-electron chi connectivity index (χ0n) is 10.4. The molecule has 0 radical (unpaired) electrons. The Hall–Kier alpha value is -0.320. The predicted molar refractivity (Wildman–Crippen MR) is 73.6 cm³/mol. The summed E-state index contributed by atoms with van der Waals surface area (Å²) in [6, 6.07) is 5.40. The first kappa shape index (κ1) is 13.7. The third kappa shape index (κ3) is 2.39. The summed E-state index contributed by atoms with van der Waals surface area (Å²) in [5.74, 6) is 0.322. The molecule has 0 saturated carbocycles. The van der Waals surface area contributed by atoms with Gasteiger partial charge in [-0.15, -0.1) is 0 Å². The lowest BCUT2D eigenvalue weighted by Crippen LogP contribution is -2.34. The summed E-state index contributed by atoms with van der Waals surface area (Å²) in [7, 11) is 0. The van der Waals surface area contributed by atoms with E-state index in [1.807, 2.05) is 6.07 Å². The monoisotopic (exact) mass is 302 g/mol. The molecule has 1 N–H and O–H groups in total. The molecule has 5 heteroatoms. The van der Waals surface area contributed by atoms with E-state index in [0.717, 1.165) is 31.6 Å². The van der Waals surface area contributed by atoms with Gasteiger partial charge in [-0.3, -0.25) is 0 Å². The molecule has 2 aliphatic heterocycles. The minimum atomic E-state index is -0.485. The summed E-state index contributed by atoms with van der Waals surface area (Å²) < 4.78 is 11.2. The average molecular weight is 303 g/mol. The molecule has 2 heterocycles.